The van der Waals surface area contributed by atoms with Crippen LogP contribution in [-0.2, 0) is 4.79 Å². The van der Waals surface area contributed by atoms with E-state index in [4.69, 9.17) is 9.15 Å². The van der Waals surface area contributed by atoms with Crippen LogP contribution >= 0.6 is 0 Å². The van der Waals surface area contributed by atoms with Gasteiger partial charge in [-0.1, -0.05) is 17.2 Å². The summed E-state index contributed by atoms with van der Waals surface area (Å²) >= 11 is 0. The van der Waals surface area contributed by atoms with Gasteiger partial charge in [0, 0.05) is 18.7 Å². The monoisotopic (exact) mass is 410 g/mol. The van der Waals surface area contributed by atoms with Gasteiger partial charge in [0.25, 0.3) is 5.91 Å². The van der Waals surface area contributed by atoms with E-state index in [1.54, 1.807) is 11.0 Å². The molecule has 1 fully saturated rings. The first-order valence-corrected chi connectivity index (χ1v) is 9.47. The van der Waals surface area contributed by atoms with Gasteiger partial charge in [0.1, 0.15) is 11.6 Å². The fourth-order valence-corrected chi connectivity index (χ4v) is 3.27. The second kappa shape index (κ2) is 8.32. The summed E-state index contributed by atoms with van der Waals surface area (Å²) in [5.41, 5.74) is 0.619. The Labute approximate surface area is 171 Å². The van der Waals surface area contributed by atoms with Crippen LogP contribution < -0.4 is 15.0 Å². The number of carbonyl (C=O) groups excluding carboxylic acids is 2. The van der Waals surface area contributed by atoms with Crippen LogP contribution in [0.3, 0.4) is 0 Å². The lowest BCUT2D eigenvalue weighted by atomic mass is 10.1. The zero-order valence-electron chi connectivity index (χ0n) is 16.2. The number of hydrogen-bond donors (Lipinski definition) is 1. The third-order valence-electron chi connectivity index (χ3n) is 4.71. The van der Waals surface area contributed by atoms with Gasteiger partial charge in [0.2, 0.25) is 11.8 Å². The molecule has 2 amide bonds. The van der Waals surface area contributed by atoms with Gasteiger partial charge in [-0.2, -0.15) is 0 Å². The van der Waals surface area contributed by atoms with E-state index < -0.39 is 11.7 Å². The maximum Gasteiger partial charge on any atom is 0.322 e. The molecule has 1 atom stereocenters. The summed E-state index contributed by atoms with van der Waals surface area (Å²) in [6, 6.07) is 12.7. The van der Waals surface area contributed by atoms with E-state index in [2.05, 4.69) is 15.5 Å². The molecule has 3 aromatic rings. The molecule has 0 bridgehead atoms. The summed E-state index contributed by atoms with van der Waals surface area (Å²) in [5.74, 6) is -0.754. The Morgan fingerprint density at radius 2 is 2.00 bits per heavy atom. The molecule has 0 spiro atoms. The number of hydrogen-bond acceptors (Lipinski definition) is 6. The number of ether oxygens (including phenoxy) is 1. The van der Waals surface area contributed by atoms with Gasteiger partial charge in [-0.05, 0) is 43.3 Å². The summed E-state index contributed by atoms with van der Waals surface area (Å²) in [4.78, 5) is 26.3. The van der Waals surface area contributed by atoms with Crippen LogP contribution in [0.1, 0.15) is 35.5 Å². The molecule has 2 heterocycles. The number of nitrogens with zero attached hydrogens (tertiary/aromatic N) is 3. The number of rotatable bonds is 6. The number of nitrogens with one attached hydrogen (secondary N) is 1. The van der Waals surface area contributed by atoms with Crippen molar-refractivity contribution in [2.75, 3.05) is 23.4 Å². The van der Waals surface area contributed by atoms with Crippen molar-refractivity contribution in [1.82, 2.24) is 10.2 Å². The van der Waals surface area contributed by atoms with Gasteiger partial charge in [-0.15, -0.1) is 5.10 Å². The summed E-state index contributed by atoms with van der Waals surface area (Å²) in [5, 5.41) is 10.1. The number of halogens is 1. The van der Waals surface area contributed by atoms with Crippen molar-refractivity contribution in [3.63, 3.8) is 0 Å². The Kier molecular flexibility index (Phi) is 5.42. The molecule has 0 radical (unpaired) electrons. The van der Waals surface area contributed by atoms with Gasteiger partial charge in [0.05, 0.1) is 18.1 Å². The van der Waals surface area contributed by atoms with Crippen molar-refractivity contribution in [2.45, 2.75) is 19.3 Å². The smallest absolute Gasteiger partial charge is 0.322 e. The van der Waals surface area contributed by atoms with Gasteiger partial charge >= 0.3 is 6.01 Å². The fourth-order valence-electron chi connectivity index (χ4n) is 3.27. The molecule has 154 valence electrons. The van der Waals surface area contributed by atoms with Gasteiger partial charge in [0.15, 0.2) is 0 Å². The highest BCUT2D eigenvalue weighted by Crippen LogP contribution is 2.32. The van der Waals surface area contributed by atoms with Crippen LogP contribution in [0.5, 0.6) is 5.75 Å². The minimum absolute atomic E-state index is 0.0701. The van der Waals surface area contributed by atoms with E-state index in [-0.39, 0.29) is 35.7 Å². The number of aromatic nitrogens is 2. The van der Waals surface area contributed by atoms with Crippen molar-refractivity contribution in [3.05, 3.63) is 65.8 Å². The van der Waals surface area contributed by atoms with E-state index in [9.17, 15) is 14.0 Å². The molecule has 1 aromatic heterocycles. The van der Waals surface area contributed by atoms with Crippen molar-refractivity contribution < 1.29 is 23.1 Å². The number of benzene rings is 2. The van der Waals surface area contributed by atoms with Crippen molar-refractivity contribution in [1.29, 1.82) is 0 Å². The molecule has 8 nitrogen and oxygen atoms in total. The largest absolute Gasteiger partial charge is 0.494 e. The third kappa shape index (κ3) is 4.00. The van der Waals surface area contributed by atoms with E-state index in [1.807, 2.05) is 31.2 Å². The Bertz CT molecular complexity index is 1070. The molecular weight excluding hydrogens is 391 g/mol. The molecule has 9 heteroatoms. The highest BCUT2D eigenvalue weighted by molar-refractivity contribution is 6.03. The van der Waals surface area contributed by atoms with Crippen LogP contribution in [0.15, 0.2) is 52.9 Å². The maximum atomic E-state index is 13.7. The maximum absolute atomic E-state index is 13.7. The molecule has 0 unspecified atom stereocenters. The first-order valence-electron chi connectivity index (χ1n) is 9.47. The molecule has 1 aliphatic rings. The predicted octanol–water partition coefficient (Wildman–Crippen LogP) is 3.38. The minimum Gasteiger partial charge on any atom is -0.494 e. The Morgan fingerprint density at radius 3 is 2.73 bits per heavy atom. The first kappa shape index (κ1) is 19.6. The van der Waals surface area contributed by atoms with Gasteiger partial charge in [-0.25, -0.2) is 4.39 Å². The normalized spacial score (nSPS) is 16.0. The number of amides is 2. The molecule has 0 aliphatic carbocycles. The number of carbonyl (C=O) groups is 2. The standard InChI is InChI=1S/C21H19FN4O4/c1-2-29-15-9-7-14(8-10-15)26-12-13(11-18(26)27)20-24-25-21(30-20)23-19(28)16-5-3-4-6-17(16)22/h3-10,13H,2,11-12H2,1H3,(H,23,25,28)/t13-/m1/s1. The van der Waals surface area contributed by atoms with Crippen molar-refractivity contribution >= 4 is 23.5 Å². The highest BCUT2D eigenvalue weighted by atomic mass is 19.1. The summed E-state index contributed by atoms with van der Waals surface area (Å²) in [6.07, 6.45) is 0.204. The fraction of sp³-hybridized carbons (Fsp3) is 0.238. The average Bonchev–Trinajstić information content (AvgIpc) is 3.36. The third-order valence-corrected chi connectivity index (χ3v) is 4.71. The van der Waals surface area contributed by atoms with Crippen LogP contribution in [0.2, 0.25) is 0 Å². The average molecular weight is 410 g/mol. The van der Waals surface area contributed by atoms with E-state index >= 15 is 0 Å². The lowest BCUT2D eigenvalue weighted by Gasteiger charge is -2.16. The highest BCUT2D eigenvalue weighted by Gasteiger charge is 2.35. The van der Waals surface area contributed by atoms with Crippen LogP contribution in [0.4, 0.5) is 16.1 Å². The number of anilines is 2. The molecule has 2 aromatic carbocycles. The zero-order chi connectivity index (χ0) is 21.1. The topological polar surface area (TPSA) is 97.6 Å². The first-order chi connectivity index (χ1) is 14.5. The van der Waals surface area contributed by atoms with Crippen molar-refractivity contribution in [2.24, 2.45) is 0 Å². The summed E-state index contributed by atoms with van der Waals surface area (Å²) in [6.45, 7) is 2.84. The molecule has 4 rings (SSSR count). The second-order valence-electron chi connectivity index (χ2n) is 6.71. The molecule has 30 heavy (non-hydrogen) atoms. The van der Waals surface area contributed by atoms with Crippen molar-refractivity contribution in [3.8, 4) is 5.75 Å². The van der Waals surface area contributed by atoms with Crippen LogP contribution in [0, 0.1) is 5.82 Å². The quantitative estimate of drug-likeness (QED) is 0.669. The van der Waals surface area contributed by atoms with Gasteiger partial charge in [-0.3, -0.25) is 14.9 Å². The summed E-state index contributed by atoms with van der Waals surface area (Å²) < 4.78 is 24.7. The van der Waals surface area contributed by atoms with E-state index in [0.29, 0.717) is 13.2 Å². The lowest BCUT2D eigenvalue weighted by Crippen LogP contribution is -2.24. The van der Waals surface area contributed by atoms with Crippen LogP contribution in [-0.4, -0.2) is 35.2 Å². The molecule has 1 saturated heterocycles. The van der Waals surface area contributed by atoms with Gasteiger partial charge < -0.3 is 14.1 Å². The minimum atomic E-state index is -0.693. The Hall–Kier alpha value is -3.75. The zero-order valence-corrected chi connectivity index (χ0v) is 16.2. The summed E-state index contributed by atoms with van der Waals surface area (Å²) in [7, 11) is 0. The van der Waals surface area contributed by atoms with E-state index in [1.165, 1.54) is 18.2 Å². The SMILES string of the molecule is CCOc1ccc(N2C[C@H](c3nnc(NC(=O)c4ccccc4F)o3)CC2=O)cc1. The van der Waals surface area contributed by atoms with Crippen LogP contribution in [0.25, 0.3) is 0 Å². The lowest BCUT2D eigenvalue weighted by molar-refractivity contribution is -0.117. The second-order valence-corrected chi connectivity index (χ2v) is 6.71. The molecular formula is C21H19FN4O4. The van der Waals surface area contributed by atoms with E-state index in [0.717, 1.165) is 11.4 Å². The molecule has 1 aliphatic heterocycles. The molecule has 0 saturated carbocycles. The Balaban J connectivity index is 1.43. The molecule has 1 N–H and O–H groups in total. The predicted molar refractivity (Wildman–Crippen MR) is 106 cm³/mol. The Morgan fingerprint density at radius 1 is 1.23 bits per heavy atom.